The molecule has 1 rings (SSSR count). The van der Waals surface area contributed by atoms with Crippen LogP contribution in [-0.2, 0) is 0 Å². The van der Waals surface area contributed by atoms with Crippen LogP contribution in [0.1, 0.15) is 36.2 Å². The molecule has 0 aliphatic rings. The number of carbonyl (C=O) groups excluding carboxylic acids is 1. The summed E-state index contributed by atoms with van der Waals surface area (Å²) >= 11 is 0. The first kappa shape index (κ1) is 17.2. The highest BCUT2D eigenvalue weighted by Crippen LogP contribution is 2.01. The molecule has 0 aliphatic heterocycles. The summed E-state index contributed by atoms with van der Waals surface area (Å²) < 4.78 is 0. The van der Waals surface area contributed by atoms with E-state index in [1.165, 1.54) is 6.20 Å². The average Bonchev–Trinajstić information content (AvgIpc) is 2.52. The van der Waals surface area contributed by atoms with Gasteiger partial charge in [-0.25, -0.2) is 0 Å². The number of hydrogen-bond donors (Lipinski definition) is 2. The minimum atomic E-state index is -0.138. The third kappa shape index (κ3) is 6.39. The normalized spacial score (nSPS) is 10.1. The maximum Gasteiger partial charge on any atom is 0.252 e. The molecule has 1 amide bonds. The summed E-state index contributed by atoms with van der Waals surface area (Å²) in [5.74, 6) is 5.55. The SMILES string of the molecule is CCN(CC)CCNC(=O)c1cncc(C#CCCO)c1. The lowest BCUT2D eigenvalue weighted by Gasteiger charge is -2.17. The first-order valence-corrected chi connectivity index (χ1v) is 7.26. The molecule has 5 heteroatoms. The number of aliphatic hydroxyl groups excluding tert-OH is 1. The Balaban J connectivity index is 2.55. The van der Waals surface area contributed by atoms with Crippen LogP contribution in [-0.4, -0.2) is 53.7 Å². The van der Waals surface area contributed by atoms with Crippen molar-refractivity contribution in [1.29, 1.82) is 0 Å². The standard InChI is InChI=1S/C16H23N3O2/c1-3-19(4-2)9-8-18-16(21)15-11-14(12-17-13-15)7-5-6-10-20/h11-13,20H,3-4,6,8-10H2,1-2H3,(H,18,21). The number of aromatic nitrogens is 1. The van der Waals surface area contributed by atoms with Crippen LogP contribution in [0.2, 0.25) is 0 Å². The van der Waals surface area contributed by atoms with E-state index in [4.69, 9.17) is 5.11 Å². The smallest absolute Gasteiger partial charge is 0.252 e. The molecule has 0 fully saturated rings. The second kappa shape index (κ2) is 9.92. The Kier molecular flexibility index (Phi) is 8.10. The Morgan fingerprint density at radius 1 is 1.38 bits per heavy atom. The van der Waals surface area contributed by atoms with Crippen LogP contribution in [0.5, 0.6) is 0 Å². The molecule has 2 N–H and O–H groups in total. The third-order valence-electron chi connectivity index (χ3n) is 3.08. The lowest BCUT2D eigenvalue weighted by atomic mass is 10.2. The van der Waals surface area contributed by atoms with Crippen molar-refractivity contribution >= 4 is 5.91 Å². The summed E-state index contributed by atoms with van der Waals surface area (Å²) in [4.78, 5) is 18.3. The van der Waals surface area contributed by atoms with Crippen molar-refractivity contribution < 1.29 is 9.90 Å². The van der Waals surface area contributed by atoms with E-state index in [1.807, 2.05) is 0 Å². The van der Waals surface area contributed by atoms with E-state index < -0.39 is 0 Å². The fourth-order valence-corrected chi connectivity index (χ4v) is 1.82. The minimum Gasteiger partial charge on any atom is -0.395 e. The Morgan fingerprint density at radius 3 is 2.81 bits per heavy atom. The fraction of sp³-hybridized carbons (Fsp3) is 0.500. The molecule has 0 radical (unpaired) electrons. The molecule has 1 heterocycles. The van der Waals surface area contributed by atoms with Gasteiger partial charge in [-0.3, -0.25) is 9.78 Å². The van der Waals surface area contributed by atoms with Gasteiger partial charge < -0.3 is 15.3 Å². The van der Waals surface area contributed by atoms with E-state index in [2.05, 4.69) is 40.9 Å². The molecule has 0 aromatic carbocycles. The maximum atomic E-state index is 12.0. The van der Waals surface area contributed by atoms with Crippen LogP contribution in [0.4, 0.5) is 0 Å². The Morgan fingerprint density at radius 2 is 2.14 bits per heavy atom. The number of rotatable bonds is 7. The highest BCUT2D eigenvalue weighted by atomic mass is 16.2. The van der Waals surface area contributed by atoms with Crippen molar-refractivity contribution in [1.82, 2.24) is 15.2 Å². The predicted molar refractivity (Wildman–Crippen MR) is 82.9 cm³/mol. The first-order valence-electron chi connectivity index (χ1n) is 7.26. The van der Waals surface area contributed by atoms with Gasteiger partial charge in [-0.15, -0.1) is 0 Å². The van der Waals surface area contributed by atoms with E-state index >= 15 is 0 Å². The molecule has 114 valence electrons. The van der Waals surface area contributed by atoms with Gasteiger partial charge in [0.05, 0.1) is 12.2 Å². The van der Waals surface area contributed by atoms with E-state index in [1.54, 1.807) is 12.3 Å². The number of nitrogens with zero attached hydrogens (tertiary/aromatic N) is 2. The van der Waals surface area contributed by atoms with Crippen LogP contribution >= 0.6 is 0 Å². The summed E-state index contributed by atoms with van der Waals surface area (Å²) in [5, 5.41) is 11.6. The number of amides is 1. The molecule has 21 heavy (non-hydrogen) atoms. The van der Waals surface area contributed by atoms with Gasteiger partial charge in [0.2, 0.25) is 0 Å². The van der Waals surface area contributed by atoms with Gasteiger partial charge in [-0.2, -0.15) is 0 Å². The number of aliphatic hydroxyl groups is 1. The van der Waals surface area contributed by atoms with Gasteiger partial charge in [-0.05, 0) is 19.2 Å². The van der Waals surface area contributed by atoms with Gasteiger partial charge in [0.1, 0.15) is 0 Å². The number of hydrogen-bond acceptors (Lipinski definition) is 4. The number of nitrogens with one attached hydrogen (secondary N) is 1. The number of likely N-dealkylation sites (N-methyl/N-ethyl adjacent to an activating group) is 1. The predicted octanol–water partition coefficient (Wildman–Crippen LogP) is 0.887. The Bertz CT molecular complexity index is 502. The Labute approximate surface area is 126 Å². The van der Waals surface area contributed by atoms with Crippen molar-refractivity contribution in [3.05, 3.63) is 29.6 Å². The van der Waals surface area contributed by atoms with E-state index in [9.17, 15) is 4.79 Å². The zero-order valence-corrected chi connectivity index (χ0v) is 12.7. The van der Waals surface area contributed by atoms with E-state index in [0.29, 0.717) is 24.1 Å². The largest absolute Gasteiger partial charge is 0.395 e. The molecule has 1 aromatic heterocycles. The molecule has 0 spiro atoms. The highest BCUT2D eigenvalue weighted by Gasteiger charge is 2.06. The van der Waals surface area contributed by atoms with Crippen molar-refractivity contribution in [2.75, 3.05) is 32.8 Å². The number of pyridine rings is 1. The summed E-state index contributed by atoms with van der Waals surface area (Å²) in [6.07, 6.45) is 3.56. The molecule has 0 aliphatic carbocycles. The van der Waals surface area contributed by atoms with E-state index in [0.717, 1.165) is 19.6 Å². The van der Waals surface area contributed by atoms with Gasteiger partial charge in [-0.1, -0.05) is 25.7 Å². The molecule has 0 unspecified atom stereocenters. The zero-order chi connectivity index (χ0) is 15.5. The summed E-state index contributed by atoms with van der Waals surface area (Å²) in [6.45, 7) is 7.64. The summed E-state index contributed by atoms with van der Waals surface area (Å²) in [6, 6.07) is 1.71. The van der Waals surface area contributed by atoms with Crippen LogP contribution in [0.25, 0.3) is 0 Å². The average molecular weight is 289 g/mol. The summed E-state index contributed by atoms with van der Waals surface area (Å²) in [7, 11) is 0. The fourth-order valence-electron chi connectivity index (χ4n) is 1.82. The molecular formula is C16H23N3O2. The molecule has 1 aromatic rings. The molecule has 0 saturated heterocycles. The van der Waals surface area contributed by atoms with Crippen LogP contribution in [0.15, 0.2) is 18.5 Å². The maximum absolute atomic E-state index is 12.0. The monoisotopic (exact) mass is 289 g/mol. The lowest BCUT2D eigenvalue weighted by Crippen LogP contribution is -2.34. The second-order valence-corrected chi connectivity index (χ2v) is 4.52. The zero-order valence-electron chi connectivity index (χ0n) is 12.7. The third-order valence-corrected chi connectivity index (χ3v) is 3.08. The Hall–Kier alpha value is -1.90. The topological polar surface area (TPSA) is 65.5 Å². The molecule has 0 bridgehead atoms. The molecule has 5 nitrogen and oxygen atoms in total. The molecule has 0 saturated carbocycles. The first-order chi connectivity index (χ1) is 10.2. The van der Waals surface area contributed by atoms with Gasteiger partial charge in [0.15, 0.2) is 0 Å². The number of carbonyl (C=O) groups is 1. The van der Waals surface area contributed by atoms with Crippen LogP contribution in [0.3, 0.4) is 0 Å². The van der Waals surface area contributed by atoms with E-state index in [-0.39, 0.29) is 12.5 Å². The van der Waals surface area contributed by atoms with Crippen LogP contribution < -0.4 is 5.32 Å². The van der Waals surface area contributed by atoms with Gasteiger partial charge in [0, 0.05) is 37.5 Å². The van der Waals surface area contributed by atoms with Gasteiger partial charge in [0.25, 0.3) is 5.91 Å². The van der Waals surface area contributed by atoms with Crippen molar-refractivity contribution in [2.24, 2.45) is 0 Å². The van der Waals surface area contributed by atoms with Crippen LogP contribution in [0, 0.1) is 11.8 Å². The quantitative estimate of drug-likeness (QED) is 0.732. The lowest BCUT2D eigenvalue weighted by molar-refractivity contribution is 0.0948. The van der Waals surface area contributed by atoms with Crippen molar-refractivity contribution in [2.45, 2.75) is 20.3 Å². The van der Waals surface area contributed by atoms with Crippen molar-refractivity contribution in [3.63, 3.8) is 0 Å². The second-order valence-electron chi connectivity index (χ2n) is 4.52. The molecule has 0 atom stereocenters. The van der Waals surface area contributed by atoms with Crippen molar-refractivity contribution in [3.8, 4) is 11.8 Å². The molecular weight excluding hydrogens is 266 g/mol. The van der Waals surface area contributed by atoms with Gasteiger partial charge >= 0.3 is 0 Å². The summed E-state index contributed by atoms with van der Waals surface area (Å²) in [5.41, 5.74) is 1.19. The highest BCUT2D eigenvalue weighted by molar-refractivity contribution is 5.94. The minimum absolute atomic E-state index is 0.0337.